The van der Waals surface area contributed by atoms with Gasteiger partial charge in [0, 0.05) is 18.0 Å². The lowest BCUT2D eigenvalue weighted by molar-refractivity contribution is -0.158. The van der Waals surface area contributed by atoms with E-state index in [1.807, 2.05) is 6.92 Å². The minimum atomic E-state index is -3.08. The highest BCUT2D eigenvalue weighted by Gasteiger charge is 2.61. The highest BCUT2D eigenvalue weighted by atomic mass is 32.2. The number of nitriles is 1. The summed E-state index contributed by atoms with van der Waals surface area (Å²) < 4.78 is 36.4. The molecule has 6 aliphatic carbocycles. The van der Waals surface area contributed by atoms with Crippen molar-refractivity contribution >= 4 is 15.8 Å². The Labute approximate surface area is 393 Å². The summed E-state index contributed by atoms with van der Waals surface area (Å²) in [4.78, 5) is 18.0. The molecule has 9 nitrogen and oxygen atoms in total. The van der Waals surface area contributed by atoms with Crippen molar-refractivity contribution in [2.45, 2.75) is 181 Å². The predicted octanol–water partition coefficient (Wildman–Crippen LogP) is 11.3. The fourth-order valence-corrected chi connectivity index (χ4v) is 16.2. The SMILES string of the molecule is C=C(C)[C@@H]1CC[C@]2(NCCC3(O)CCC(S(C)(=O)=O)CC3)CC[C@@]3(C)[C@H](C)CC[C@H]4C(C)(C)C(C5=CC[C@](COc6ncccc6C#N)(C(=O)OCC)CC5)=CC[C@]4(C)[C@H](C)CC[C@@H]3[C@@H]12. The zero-order chi connectivity index (χ0) is 47.2. The number of nitrogens with zero attached hydrogens (tertiary/aromatic N) is 2. The van der Waals surface area contributed by atoms with E-state index in [4.69, 9.17) is 9.47 Å². The van der Waals surface area contributed by atoms with Crippen LogP contribution >= 0.6 is 0 Å². The summed E-state index contributed by atoms with van der Waals surface area (Å²) in [5, 5.41) is 25.2. The second kappa shape index (κ2) is 18.8. The van der Waals surface area contributed by atoms with E-state index < -0.39 is 20.9 Å². The first kappa shape index (κ1) is 49.9. The Bertz CT molecular complexity index is 2150. The van der Waals surface area contributed by atoms with Gasteiger partial charge >= 0.3 is 5.97 Å². The molecule has 0 unspecified atom stereocenters. The fourth-order valence-electron chi connectivity index (χ4n) is 15.1. The predicted molar refractivity (Wildman–Crippen MR) is 260 cm³/mol. The Kier molecular flexibility index (Phi) is 14.5. The maximum Gasteiger partial charge on any atom is 0.315 e. The molecule has 1 aromatic heterocycles. The molecule has 0 radical (unpaired) electrons. The van der Waals surface area contributed by atoms with E-state index in [1.165, 1.54) is 61.5 Å². The van der Waals surface area contributed by atoms with Gasteiger partial charge in [0.05, 0.1) is 17.5 Å². The van der Waals surface area contributed by atoms with Gasteiger partial charge in [0.15, 0.2) is 0 Å². The van der Waals surface area contributed by atoms with Crippen molar-refractivity contribution in [1.82, 2.24) is 10.3 Å². The molecule has 1 heterocycles. The molecule has 6 aliphatic rings. The van der Waals surface area contributed by atoms with Crippen molar-refractivity contribution in [3.63, 3.8) is 0 Å². The molecule has 1 aromatic rings. The Morgan fingerprint density at radius 1 is 0.954 bits per heavy atom. The number of rotatable bonds is 12. The lowest BCUT2D eigenvalue weighted by atomic mass is 9.46. The number of ether oxygens (including phenoxy) is 2. The summed E-state index contributed by atoms with van der Waals surface area (Å²) in [6, 6.07) is 5.56. The molecule has 65 heavy (non-hydrogen) atoms. The Morgan fingerprint density at radius 2 is 1.66 bits per heavy atom. The Hall–Kier alpha value is -3.00. The molecular weight excluding hydrogens is 831 g/mol. The van der Waals surface area contributed by atoms with Crippen molar-refractivity contribution in [2.75, 3.05) is 26.0 Å². The molecule has 0 aromatic carbocycles. The number of hydrogen-bond acceptors (Lipinski definition) is 9. The normalized spacial score (nSPS) is 39.6. The molecule has 7 rings (SSSR count). The lowest BCUT2D eigenvalue weighted by Crippen LogP contribution is -2.60. The van der Waals surface area contributed by atoms with Crippen LogP contribution in [-0.4, -0.2) is 66.9 Å². The fraction of sp³-hybridized carbons (Fsp3) is 0.764. The molecule has 0 bridgehead atoms. The summed E-state index contributed by atoms with van der Waals surface area (Å²) in [7, 11) is -3.08. The van der Waals surface area contributed by atoms with E-state index in [-0.39, 0.29) is 45.5 Å². The van der Waals surface area contributed by atoms with Gasteiger partial charge < -0.3 is 19.9 Å². The minimum Gasteiger partial charge on any atom is -0.475 e. The number of carbonyl (C=O) groups excluding carboxylic acids is 1. The summed E-state index contributed by atoms with van der Waals surface area (Å²) >= 11 is 0. The van der Waals surface area contributed by atoms with Crippen LogP contribution < -0.4 is 10.1 Å². The van der Waals surface area contributed by atoms with Crippen LogP contribution in [0.4, 0.5) is 0 Å². The van der Waals surface area contributed by atoms with Gasteiger partial charge in [-0.3, -0.25) is 4.79 Å². The third-order valence-corrected chi connectivity index (χ3v) is 21.4. The number of esters is 1. The molecule has 0 saturated heterocycles. The van der Waals surface area contributed by atoms with Gasteiger partial charge in [-0.1, -0.05) is 65.8 Å². The monoisotopic (exact) mass is 914 g/mol. The minimum absolute atomic E-state index is 0.0286. The standard InChI is InChI=1S/C55H83N3O6S/c1-11-63-49(59)53(36-64-48-41(35-56)13-12-33-57-48)25-18-40(19-26-53)44-23-24-52(9)39(5)14-16-45-47-43(37(2)3)22-29-55(47,31-30-51(45,8)38(4)15-17-46(52)50(44,6)7)58-34-32-54(60)27-20-42(21-28-54)65(10,61)62/h12-13,18,23,33,38-39,42-43,45-47,58,60H,2,11,14-17,19-22,24-32,34,36H2,1,3-10H3/t38-,39-,42?,43+,45-,46+,47-,51+,52-,53+,54?,55+/m1/s1. The first-order valence-electron chi connectivity index (χ1n) is 25.4. The quantitative estimate of drug-likeness (QED) is 0.155. The third kappa shape index (κ3) is 9.44. The maximum atomic E-state index is 13.7. The van der Waals surface area contributed by atoms with E-state index in [9.17, 15) is 23.6 Å². The molecule has 4 fully saturated rings. The Balaban J connectivity index is 1.10. The molecular formula is C55H83N3O6S. The highest BCUT2D eigenvalue weighted by molar-refractivity contribution is 7.91. The largest absolute Gasteiger partial charge is 0.475 e. The second-order valence-corrected chi connectivity index (χ2v) is 25.8. The molecule has 2 N–H and O–H groups in total. The van der Waals surface area contributed by atoms with E-state index in [0.717, 1.165) is 32.2 Å². The summed E-state index contributed by atoms with van der Waals surface area (Å²) in [6.07, 6.45) is 23.1. The number of nitrogens with one attached hydrogen (secondary N) is 1. The third-order valence-electron chi connectivity index (χ3n) is 19.7. The molecule has 0 amide bonds. The number of hydrogen-bond donors (Lipinski definition) is 2. The zero-order valence-corrected chi connectivity index (χ0v) is 42.4. The maximum absolute atomic E-state index is 13.7. The van der Waals surface area contributed by atoms with Gasteiger partial charge in [0.2, 0.25) is 5.88 Å². The van der Waals surface area contributed by atoms with Crippen molar-refractivity contribution < 1.29 is 27.8 Å². The van der Waals surface area contributed by atoms with E-state index in [2.05, 4.69) is 83.6 Å². The van der Waals surface area contributed by atoms with Crippen molar-refractivity contribution in [3.05, 3.63) is 59.3 Å². The number of pyridine rings is 1. The number of allylic oxidation sites excluding steroid dienone is 5. The highest BCUT2D eigenvalue weighted by Crippen LogP contribution is 2.66. The number of aliphatic hydroxyl groups is 1. The van der Waals surface area contributed by atoms with Gasteiger partial charge in [-0.05, 0) is 205 Å². The average molecular weight is 914 g/mol. The molecule has 10 atom stereocenters. The lowest BCUT2D eigenvalue weighted by Gasteiger charge is -2.60. The van der Waals surface area contributed by atoms with Crippen LogP contribution in [-0.2, 0) is 19.4 Å². The van der Waals surface area contributed by atoms with Crippen LogP contribution in [0.2, 0.25) is 0 Å². The zero-order valence-electron chi connectivity index (χ0n) is 41.6. The van der Waals surface area contributed by atoms with Gasteiger partial charge in [-0.25, -0.2) is 13.4 Å². The summed E-state index contributed by atoms with van der Waals surface area (Å²) in [5.74, 6) is 3.16. The second-order valence-electron chi connectivity index (χ2n) is 23.5. The Morgan fingerprint density at radius 3 is 2.31 bits per heavy atom. The summed E-state index contributed by atoms with van der Waals surface area (Å²) in [5.41, 5.74) is 3.15. The van der Waals surface area contributed by atoms with Crippen LogP contribution in [0, 0.1) is 68.5 Å². The van der Waals surface area contributed by atoms with Crippen LogP contribution in [0.3, 0.4) is 0 Å². The van der Waals surface area contributed by atoms with Gasteiger partial charge in [0.25, 0.3) is 0 Å². The van der Waals surface area contributed by atoms with Crippen LogP contribution in [0.5, 0.6) is 5.88 Å². The van der Waals surface area contributed by atoms with E-state index in [0.29, 0.717) is 92.6 Å². The topological polar surface area (TPSA) is 139 Å². The number of sulfone groups is 1. The number of aromatic nitrogens is 1. The summed E-state index contributed by atoms with van der Waals surface area (Å²) in [6.45, 7) is 25.3. The van der Waals surface area contributed by atoms with Crippen molar-refractivity contribution in [2.24, 2.45) is 57.2 Å². The van der Waals surface area contributed by atoms with Crippen LogP contribution in [0.1, 0.15) is 170 Å². The van der Waals surface area contributed by atoms with Gasteiger partial charge in [-0.15, -0.1) is 0 Å². The van der Waals surface area contributed by atoms with Gasteiger partial charge in [0.1, 0.15) is 33.5 Å². The molecule has 10 heteroatoms. The van der Waals surface area contributed by atoms with Crippen molar-refractivity contribution in [3.8, 4) is 11.9 Å². The smallest absolute Gasteiger partial charge is 0.315 e. The first-order valence-corrected chi connectivity index (χ1v) is 27.4. The molecule has 4 saturated carbocycles. The molecule has 360 valence electrons. The van der Waals surface area contributed by atoms with E-state index >= 15 is 0 Å². The number of fused-ring (bicyclic) bond motifs is 4. The molecule has 0 aliphatic heterocycles. The van der Waals surface area contributed by atoms with Crippen LogP contribution in [0.25, 0.3) is 0 Å². The van der Waals surface area contributed by atoms with Crippen LogP contribution in [0.15, 0.2) is 53.8 Å². The first-order chi connectivity index (χ1) is 30.6. The average Bonchev–Trinajstić information content (AvgIpc) is 3.64. The van der Waals surface area contributed by atoms with E-state index in [1.54, 1.807) is 18.3 Å². The van der Waals surface area contributed by atoms with Gasteiger partial charge in [-0.2, -0.15) is 5.26 Å². The number of carbonyl (C=O) groups is 1. The molecule has 0 spiro atoms. The van der Waals surface area contributed by atoms with Crippen molar-refractivity contribution in [1.29, 1.82) is 5.26 Å².